The third-order valence-corrected chi connectivity index (χ3v) is 4.15. The predicted molar refractivity (Wildman–Crippen MR) is 90.2 cm³/mol. The summed E-state index contributed by atoms with van der Waals surface area (Å²) in [6.07, 6.45) is 1.81. The van der Waals surface area contributed by atoms with Crippen LogP contribution < -0.4 is 11.3 Å². The molecular weight excluding hydrogens is 363 g/mol. The van der Waals surface area contributed by atoms with E-state index in [-0.39, 0.29) is 6.04 Å². The summed E-state index contributed by atoms with van der Waals surface area (Å²) in [5, 5.41) is 4.59. The molecule has 5 heteroatoms. The SMILES string of the molecule is CCc1cc(C(Cc2ccc(I)cc2)NN)n(CC)n1. The molecule has 2 aromatic rings. The molecular formula is C15H21IN4. The molecule has 1 unspecified atom stereocenters. The molecule has 1 aromatic carbocycles. The van der Waals surface area contributed by atoms with Crippen LogP contribution >= 0.6 is 22.6 Å². The number of halogens is 1. The van der Waals surface area contributed by atoms with Gasteiger partial charge in [0.2, 0.25) is 0 Å². The highest BCUT2D eigenvalue weighted by Crippen LogP contribution is 2.20. The summed E-state index contributed by atoms with van der Waals surface area (Å²) in [4.78, 5) is 0. The van der Waals surface area contributed by atoms with Crippen LogP contribution in [0.2, 0.25) is 0 Å². The molecule has 0 amide bonds. The van der Waals surface area contributed by atoms with Crippen LogP contribution in [0, 0.1) is 3.57 Å². The molecule has 0 spiro atoms. The Morgan fingerprint density at radius 2 is 2.00 bits per heavy atom. The van der Waals surface area contributed by atoms with Crippen molar-refractivity contribution in [3.05, 3.63) is 50.9 Å². The average molecular weight is 384 g/mol. The Morgan fingerprint density at radius 1 is 1.30 bits per heavy atom. The molecule has 1 aromatic heterocycles. The number of hydrazine groups is 1. The minimum Gasteiger partial charge on any atom is -0.271 e. The van der Waals surface area contributed by atoms with Crippen molar-refractivity contribution < 1.29 is 0 Å². The Bertz CT molecular complexity index is 548. The Labute approximate surface area is 133 Å². The second-order valence-corrected chi connectivity index (χ2v) is 6.03. The third-order valence-electron chi connectivity index (χ3n) is 3.43. The normalized spacial score (nSPS) is 12.6. The summed E-state index contributed by atoms with van der Waals surface area (Å²) < 4.78 is 3.28. The number of aromatic nitrogens is 2. The van der Waals surface area contributed by atoms with Gasteiger partial charge in [0.25, 0.3) is 0 Å². The van der Waals surface area contributed by atoms with Crippen LogP contribution in [0.3, 0.4) is 0 Å². The first-order chi connectivity index (χ1) is 9.67. The predicted octanol–water partition coefficient (Wildman–Crippen LogP) is 2.82. The van der Waals surface area contributed by atoms with Gasteiger partial charge in [-0.1, -0.05) is 19.1 Å². The lowest BCUT2D eigenvalue weighted by atomic mass is 10.0. The fourth-order valence-corrected chi connectivity index (χ4v) is 2.66. The molecule has 0 bridgehead atoms. The molecule has 0 aliphatic rings. The molecule has 3 N–H and O–H groups in total. The zero-order valence-electron chi connectivity index (χ0n) is 11.9. The van der Waals surface area contributed by atoms with Crippen molar-refractivity contribution in [2.75, 3.05) is 0 Å². The summed E-state index contributed by atoms with van der Waals surface area (Å²) in [7, 11) is 0. The molecule has 0 saturated heterocycles. The van der Waals surface area contributed by atoms with Gasteiger partial charge in [0.15, 0.2) is 0 Å². The van der Waals surface area contributed by atoms with E-state index in [1.54, 1.807) is 0 Å². The number of nitrogens with one attached hydrogen (secondary N) is 1. The van der Waals surface area contributed by atoms with Crippen LogP contribution in [0.5, 0.6) is 0 Å². The zero-order chi connectivity index (χ0) is 14.5. The molecule has 108 valence electrons. The van der Waals surface area contributed by atoms with Gasteiger partial charge in [0.05, 0.1) is 17.4 Å². The summed E-state index contributed by atoms with van der Waals surface area (Å²) in [6, 6.07) is 10.8. The number of nitrogens with zero attached hydrogens (tertiary/aromatic N) is 2. The maximum absolute atomic E-state index is 5.76. The van der Waals surface area contributed by atoms with Crippen molar-refractivity contribution in [2.45, 2.75) is 39.3 Å². The monoisotopic (exact) mass is 384 g/mol. The van der Waals surface area contributed by atoms with Crippen molar-refractivity contribution in [3.8, 4) is 0 Å². The largest absolute Gasteiger partial charge is 0.271 e. The lowest BCUT2D eigenvalue weighted by Gasteiger charge is -2.17. The Morgan fingerprint density at radius 3 is 2.55 bits per heavy atom. The number of benzene rings is 1. The fraction of sp³-hybridized carbons (Fsp3) is 0.400. The van der Waals surface area contributed by atoms with Gasteiger partial charge in [0, 0.05) is 10.1 Å². The molecule has 2 rings (SSSR count). The van der Waals surface area contributed by atoms with Crippen LogP contribution in [0.15, 0.2) is 30.3 Å². The summed E-state index contributed by atoms with van der Waals surface area (Å²) in [6.45, 7) is 5.09. The lowest BCUT2D eigenvalue weighted by Crippen LogP contribution is -2.31. The van der Waals surface area contributed by atoms with Crippen LogP contribution in [0.4, 0.5) is 0 Å². The van der Waals surface area contributed by atoms with Gasteiger partial charge in [-0.3, -0.25) is 16.0 Å². The highest BCUT2D eigenvalue weighted by Gasteiger charge is 2.16. The highest BCUT2D eigenvalue weighted by atomic mass is 127. The number of nitrogens with two attached hydrogens (primary N) is 1. The number of hydrogen-bond acceptors (Lipinski definition) is 3. The summed E-state index contributed by atoms with van der Waals surface area (Å²) in [5.41, 5.74) is 6.48. The standard InChI is InChI=1S/C15H21IN4/c1-3-13-10-15(20(4-2)19-13)14(18-17)9-11-5-7-12(16)8-6-11/h5-8,10,14,18H,3-4,9,17H2,1-2H3. The van der Waals surface area contributed by atoms with Crippen LogP contribution in [-0.2, 0) is 19.4 Å². The summed E-state index contributed by atoms with van der Waals surface area (Å²) in [5.74, 6) is 5.76. The van der Waals surface area contributed by atoms with Crippen molar-refractivity contribution in [1.82, 2.24) is 15.2 Å². The number of hydrogen-bond donors (Lipinski definition) is 2. The van der Waals surface area contributed by atoms with Crippen molar-refractivity contribution in [2.24, 2.45) is 5.84 Å². The second kappa shape index (κ2) is 7.19. The number of rotatable bonds is 6. The summed E-state index contributed by atoms with van der Waals surface area (Å²) >= 11 is 2.32. The van der Waals surface area contributed by atoms with E-state index in [1.165, 1.54) is 9.13 Å². The minimum absolute atomic E-state index is 0.0859. The van der Waals surface area contributed by atoms with E-state index in [1.807, 2.05) is 4.68 Å². The maximum Gasteiger partial charge on any atom is 0.0669 e. The fourth-order valence-electron chi connectivity index (χ4n) is 2.30. The van der Waals surface area contributed by atoms with E-state index in [2.05, 4.69) is 77.3 Å². The first-order valence-corrected chi connectivity index (χ1v) is 8.03. The maximum atomic E-state index is 5.76. The van der Waals surface area contributed by atoms with Gasteiger partial charge < -0.3 is 0 Å². The van der Waals surface area contributed by atoms with E-state index < -0.39 is 0 Å². The van der Waals surface area contributed by atoms with Crippen LogP contribution in [0.25, 0.3) is 0 Å². The van der Waals surface area contributed by atoms with Gasteiger partial charge in [-0.15, -0.1) is 0 Å². The van der Waals surface area contributed by atoms with E-state index in [4.69, 9.17) is 5.84 Å². The molecule has 20 heavy (non-hydrogen) atoms. The molecule has 0 radical (unpaired) electrons. The first kappa shape index (κ1) is 15.5. The van der Waals surface area contributed by atoms with E-state index in [9.17, 15) is 0 Å². The topological polar surface area (TPSA) is 55.9 Å². The second-order valence-electron chi connectivity index (χ2n) is 4.78. The van der Waals surface area contributed by atoms with E-state index in [0.29, 0.717) is 0 Å². The van der Waals surface area contributed by atoms with Crippen LogP contribution in [0.1, 0.15) is 36.8 Å². The number of aryl methyl sites for hydroxylation is 2. The average Bonchev–Trinajstić information content (AvgIpc) is 2.90. The first-order valence-electron chi connectivity index (χ1n) is 6.95. The van der Waals surface area contributed by atoms with Crippen LogP contribution in [-0.4, -0.2) is 9.78 Å². The van der Waals surface area contributed by atoms with E-state index in [0.717, 1.165) is 30.8 Å². The van der Waals surface area contributed by atoms with Crippen molar-refractivity contribution in [1.29, 1.82) is 0 Å². The quantitative estimate of drug-likeness (QED) is 0.458. The van der Waals surface area contributed by atoms with Gasteiger partial charge in [-0.05, 0) is 66.1 Å². The third kappa shape index (κ3) is 3.59. The minimum atomic E-state index is 0.0859. The van der Waals surface area contributed by atoms with E-state index >= 15 is 0 Å². The Balaban J connectivity index is 2.23. The Kier molecular flexibility index (Phi) is 5.56. The molecule has 0 aliphatic carbocycles. The molecule has 0 aliphatic heterocycles. The lowest BCUT2D eigenvalue weighted by molar-refractivity contribution is 0.490. The molecule has 1 heterocycles. The molecule has 0 saturated carbocycles. The smallest absolute Gasteiger partial charge is 0.0669 e. The molecule has 0 fully saturated rings. The van der Waals surface area contributed by atoms with Gasteiger partial charge in [-0.25, -0.2) is 0 Å². The Hall–Kier alpha value is -0.920. The molecule has 4 nitrogen and oxygen atoms in total. The molecule has 1 atom stereocenters. The van der Waals surface area contributed by atoms with Crippen molar-refractivity contribution in [3.63, 3.8) is 0 Å². The van der Waals surface area contributed by atoms with Gasteiger partial charge in [0.1, 0.15) is 0 Å². The van der Waals surface area contributed by atoms with Crippen molar-refractivity contribution >= 4 is 22.6 Å². The van der Waals surface area contributed by atoms with Gasteiger partial charge in [-0.2, -0.15) is 5.10 Å². The zero-order valence-corrected chi connectivity index (χ0v) is 14.1. The highest BCUT2D eigenvalue weighted by molar-refractivity contribution is 14.1. The van der Waals surface area contributed by atoms with Gasteiger partial charge >= 0.3 is 0 Å².